The molecule has 4 aromatic rings. The molecule has 1 N–H and O–H groups in total. The average molecular weight is 533 g/mol. The van der Waals surface area contributed by atoms with Crippen LogP contribution in [0.4, 0.5) is 31.8 Å². The van der Waals surface area contributed by atoms with Crippen molar-refractivity contribution in [3.63, 3.8) is 0 Å². The van der Waals surface area contributed by atoms with Gasteiger partial charge >= 0.3 is 0 Å². The highest BCUT2D eigenvalue weighted by Crippen LogP contribution is 2.39. The van der Waals surface area contributed by atoms with E-state index in [0.717, 1.165) is 55.4 Å². The minimum atomic E-state index is -0.879. The van der Waals surface area contributed by atoms with Crippen molar-refractivity contribution in [2.24, 2.45) is 0 Å². The van der Waals surface area contributed by atoms with Crippen molar-refractivity contribution in [2.45, 2.75) is 20.8 Å². The van der Waals surface area contributed by atoms with Crippen LogP contribution in [0.25, 0.3) is 15.7 Å². The second-order valence-corrected chi connectivity index (χ2v) is 9.11. The summed E-state index contributed by atoms with van der Waals surface area (Å²) in [4.78, 5) is 32.6. The van der Waals surface area contributed by atoms with E-state index >= 15 is 4.39 Å². The molecule has 10 nitrogen and oxygen atoms in total. The Morgan fingerprint density at radius 3 is 2.56 bits per heavy atom. The monoisotopic (exact) mass is 532 g/mol. The Morgan fingerprint density at radius 1 is 1.15 bits per heavy atom. The van der Waals surface area contributed by atoms with Crippen LogP contribution in [0.1, 0.15) is 24.3 Å². The zero-order valence-corrected chi connectivity index (χ0v) is 21.7. The van der Waals surface area contributed by atoms with Gasteiger partial charge in [0.1, 0.15) is 18.0 Å². The molecule has 200 valence electrons. The fraction of sp³-hybridized carbons (Fsp3) is 0.296. The van der Waals surface area contributed by atoms with Crippen molar-refractivity contribution in [2.75, 3.05) is 42.9 Å². The van der Waals surface area contributed by atoms with Crippen LogP contribution < -0.4 is 15.0 Å². The molecule has 0 bridgehead atoms. The van der Waals surface area contributed by atoms with Gasteiger partial charge in [0, 0.05) is 50.2 Å². The number of hydrogen-bond acceptors (Lipinski definition) is 8. The van der Waals surface area contributed by atoms with Gasteiger partial charge < -0.3 is 19.9 Å². The number of piperazine rings is 1. The predicted octanol–water partition coefficient (Wildman–Crippen LogP) is 5.30. The highest BCUT2D eigenvalue weighted by molar-refractivity contribution is 5.94. The second-order valence-electron chi connectivity index (χ2n) is 9.11. The number of ether oxygens (including phenoxy) is 1. The van der Waals surface area contributed by atoms with E-state index in [0.29, 0.717) is 11.5 Å². The third-order valence-electron chi connectivity index (χ3n) is 6.72. The Bertz CT molecular complexity index is 1590. The van der Waals surface area contributed by atoms with Crippen LogP contribution in [-0.2, 0) is 0 Å². The number of pyridine rings is 1. The van der Waals surface area contributed by atoms with Crippen LogP contribution in [0.3, 0.4) is 0 Å². The maximum absolute atomic E-state index is 15.3. The summed E-state index contributed by atoms with van der Waals surface area (Å²) in [7, 11) is 0. The number of rotatable bonds is 6. The van der Waals surface area contributed by atoms with Gasteiger partial charge in [-0.2, -0.15) is 0 Å². The number of aromatic nitrogens is 4. The van der Waals surface area contributed by atoms with Gasteiger partial charge in [0.05, 0.1) is 24.0 Å². The number of hydrogen-bond donors (Lipinski definition) is 1. The number of carbonyl (C=O) groups is 1. The van der Waals surface area contributed by atoms with Crippen LogP contribution in [0, 0.1) is 25.1 Å². The molecule has 0 spiro atoms. The van der Waals surface area contributed by atoms with Crippen LogP contribution in [0.5, 0.6) is 11.6 Å². The van der Waals surface area contributed by atoms with E-state index in [2.05, 4.69) is 41.8 Å². The van der Waals surface area contributed by atoms with Gasteiger partial charge in [-0.15, -0.1) is 0 Å². The van der Waals surface area contributed by atoms with Crippen molar-refractivity contribution >= 4 is 39.8 Å². The van der Waals surface area contributed by atoms with E-state index in [1.165, 1.54) is 13.0 Å². The van der Waals surface area contributed by atoms with Gasteiger partial charge in [-0.3, -0.25) is 9.36 Å². The third-order valence-corrected chi connectivity index (χ3v) is 6.72. The third kappa shape index (κ3) is 4.96. The molecule has 0 aliphatic carbocycles. The molecular weight excluding hydrogens is 506 g/mol. The number of carbonyl (C=O) groups excluding carboxylic acids is 1. The summed E-state index contributed by atoms with van der Waals surface area (Å²) in [6.07, 6.45) is 2.90. The van der Waals surface area contributed by atoms with Crippen LogP contribution >= 0.6 is 0 Å². The molecule has 12 heteroatoms. The Hall–Kier alpha value is -4.63. The summed E-state index contributed by atoms with van der Waals surface area (Å²) in [6.45, 7) is 17.5. The number of aryl methyl sites for hydroxylation is 1. The molecule has 1 fully saturated rings. The van der Waals surface area contributed by atoms with Gasteiger partial charge in [0.2, 0.25) is 11.8 Å². The molecule has 0 amide bonds. The molecule has 0 saturated carbocycles. The Labute approximate surface area is 223 Å². The molecule has 0 radical (unpaired) electrons. The van der Waals surface area contributed by atoms with E-state index in [1.54, 1.807) is 19.2 Å². The zero-order chi connectivity index (χ0) is 27.7. The van der Waals surface area contributed by atoms with Crippen molar-refractivity contribution in [3.8, 4) is 11.6 Å². The first kappa shape index (κ1) is 26.0. The quantitative estimate of drug-likeness (QED) is 0.335. The fourth-order valence-corrected chi connectivity index (χ4v) is 4.73. The largest absolute Gasteiger partial charge is 0.446 e. The summed E-state index contributed by atoms with van der Waals surface area (Å²) in [5.74, 6) is -2.35. The summed E-state index contributed by atoms with van der Waals surface area (Å²) < 4.78 is 37.0. The van der Waals surface area contributed by atoms with Gasteiger partial charge in [-0.05, 0) is 31.7 Å². The van der Waals surface area contributed by atoms with E-state index in [-0.39, 0.29) is 28.3 Å². The van der Waals surface area contributed by atoms with E-state index in [4.69, 9.17) is 11.3 Å². The van der Waals surface area contributed by atoms with Crippen molar-refractivity contribution < 1.29 is 18.3 Å². The average Bonchev–Trinajstić information content (AvgIpc) is 3.30. The minimum absolute atomic E-state index is 0.104. The summed E-state index contributed by atoms with van der Waals surface area (Å²) in [6, 6.07) is 5.92. The standard InChI is InChI=1S/C27H26F2N8O2/c1-5-35-8-10-36(11-9-35)18-6-7-22(31-14-18)34-26-24(30-4)27(33-15-32-26)39-21-13-20(28)25-19(23(21)29)12-16(2)37(25)17(3)38/h6-7,12-15H,5,8-11H2,1-3H3,(H,31,32,33,34). The van der Waals surface area contributed by atoms with Gasteiger partial charge in [0.25, 0.3) is 5.69 Å². The Kier molecular flexibility index (Phi) is 7.08. The molecule has 5 rings (SSSR count). The second kappa shape index (κ2) is 10.6. The van der Waals surface area contributed by atoms with E-state index in [9.17, 15) is 9.18 Å². The number of nitrogens with zero attached hydrogens (tertiary/aromatic N) is 7. The molecule has 0 unspecified atom stereocenters. The lowest BCUT2D eigenvalue weighted by molar-refractivity contribution is 0.0939. The highest BCUT2D eigenvalue weighted by atomic mass is 19.1. The Morgan fingerprint density at radius 2 is 1.92 bits per heavy atom. The predicted molar refractivity (Wildman–Crippen MR) is 143 cm³/mol. The highest BCUT2D eigenvalue weighted by Gasteiger charge is 2.23. The zero-order valence-electron chi connectivity index (χ0n) is 21.7. The van der Waals surface area contributed by atoms with E-state index < -0.39 is 23.3 Å². The van der Waals surface area contributed by atoms with E-state index in [1.807, 2.05) is 6.07 Å². The lowest BCUT2D eigenvalue weighted by Gasteiger charge is -2.35. The lowest BCUT2D eigenvalue weighted by Crippen LogP contribution is -2.46. The molecule has 4 heterocycles. The smallest absolute Gasteiger partial charge is 0.288 e. The normalized spacial score (nSPS) is 13.9. The van der Waals surface area contributed by atoms with Crippen molar-refractivity contribution in [3.05, 3.63) is 65.5 Å². The first-order valence-electron chi connectivity index (χ1n) is 12.4. The molecule has 1 aliphatic rings. The van der Waals surface area contributed by atoms with Crippen LogP contribution in [0.2, 0.25) is 0 Å². The van der Waals surface area contributed by atoms with Crippen molar-refractivity contribution in [1.82, 2.24) is 24.4 Å². The number of nitrogens with one attached hydrogen (secondary N) is 1. The maximum Gasteiger partial charge on any atom is 0.288 e. The van der Waals surface area contributed by atoms with Gasteiger partial charge in [-0.1, -0.05) is 6.92 Å². The van der Waals surface area contributed by atoms with Gasteiger partial charge in [0.15, 0.2) is 17.4 Å². The molecule has 3 aromatic heterocycles. The number of halogens is 2. The molecule has 1 aromatic carbocycles. The number of anilines is 3. The Balaban J connectivity index is 1.39. The molecule has 0 atom stereocenters. The summed E-state index contributed by atoms with van der Waals surface area (Å²) >= 11 is 0. The van der Waals surface area contributed by atoms with Crippen LogP contribution in [0.15, 0.2) is 36.8 Å². The fourth-order valence-electron chi connectivity index (χ4n) is 4.73. The molecular formula is C27H26F2N8O2. The SMILES string of the molecule is [C-]#[N+]c1c(Nc2ccc(N3CCN(CC)CC3)cn2)ncnc1Oc1cc(F)c2c(cc(C)n2C(C)=O)c1F. The summed E-state index contributed by atoms with van der Waals surface area (Å²) in [5.41, 5.74) is 1.07. The maximum atomic E-state index is 15.3. The molecule has 39 heavy (non-hydrogen) atoms. The number of benzene rings is 1. The lowest BCUT2D eigenvalue weighted by atomic mass is 10.2. The topological polar surface area (TPSA) is 92.8 Å². The first-order chi connectivity index (χ1) is 18.8. The number of fused-ring (bicyclic) bond motifs is 1. The van der Waals surface area contributed by atoms with Gasteiger partial charge in [-0.25, -0.2) is 28.6 Å². The summed E-state index contributed by atoms with van der Waals surface area (Å²) in [5, 5.41) is 2.87. The van der Waals surface area contributed by atoms with Crippen LogP contribution in [-0.4, -0.2) is 63.0 Å². The first-order valence-corrected chi connectivity index (χ1v) is 12.4. The molecule has 1 aliphatic heterocycles. The minimum Gasteiger partial charge on any atom is -0.446 e. The molecule has 1 saturated heterocycles. The number of likely N-dealkylation sites (N-methyl/N-ethyl adjacent to an activating group) is 1. The van der Waals surface area contributed by atoms with Crippen molar-refractivity contribution in [1.29, 1.82) is 0 Å².